The van der Waals surface area contributed by atoms with Crippen LogP contribution in [-0.2, 0) is 13.5 Å². The molecule has 0 saturated carbocycles. The second-order valence-electron chi connectivity index (χ2n) is 4.95. The lowest BCUT2D eigenvalue weighted by molar-refractivity contribution is 0.455. The van der Waals surface area contributed by atoms with Crippen LogP contribution in [0.25, 0.3) is 0 Å². The molecule has 21 heavy (non-hydrogen) atoms. The standard InChI is InChI=1S/C15H18BrF2N3/c1-3-4-19-13(9-14-20-5-6-21(14)2)15-11(17)7-10(16)8-12(15)18/h5-8,13,19H,3-4,9H2,1-2H3. The fraction of sp³-hybridized carbons (Fsp3) is 0.400. The Bertz CT molecular complexity index is 590. The molecule has 114 valence electrons. The molecule has 6 heteroatoms. The van der Waals surface area contributed by atoms with Crippen molar-refractivity contribution in [3.05, 3.63) is 52.0 Å². The molecule has 0 aliphatic heterocycles. The van der Waals surface area contributed by atoms with Gasteiger partial charge in [-0.1, -0.05) is 22.9 Å². The third kappa shape index (κ3) is 3.89. The van der Waals surface area contributed by atoms with Crippen LogP contribution >= 0.6 is 15.9 Å². The fourth-order valence-corrected chi connectivity index (χ4v) is 2.66. The average Bonchev–Trinajstić information content (AvgIpc) is 2.80. The Labute approximate surface area is 131 Å². The van der Waals surface area contributed by atoms with Crippen LogP contribution in [0.4, 0.5) is 8.78 Å². The normalized spacial score (nSPS) is 12.6. The summed E-state index contributed by atoms with van der Waals surface area (Å²) in [6, 6.07) is 2.13. The fourth-order valence-electron chi connectivity index (χ4n) is 2.26. The van der Waals surface area contributed by atoms with E-state index < -0.39 is 17.7 Å². The van der Waals surface area contributed by atoms with Crippen LogP contribution in [0.2, 0.25) is 0 Å². The molecule has 1 N–H and O–H groups in total. The van der Waals surface area contributed by atoms with Gasteiger partial charge in [0.15, 0.2) is 0 Å². The van der Waals surface area contributed by atoms with Crippen molar-refractivity contribution in [1.29, 1.82) is 0 Å². The molecule has 3 nitrogen and oxygen atoms in total. The molecule has 0 radical (unpaired) electrons. The van der Waals surface area contributed by atoms with Gasteiger partial charge in [-0.3, -0.25) is 0 Å². The molecule has 1 aromatic carbocycles. The molecule has 1 heterocycles. The molecule has 1 aromatic heterocycles. The molecule has 0 saturated heterocycles. The van der Waals surface area contributed by atoms with Crippen molar-refractivity contribution in [1.82, 2.24) is 14.9 Å². The minimum absolute atomic E-state index is 0.0645. The smallest absolute Gasteiger partial charge is 0.132 e. The summed E-state index contributed by atoms with van der Waals surface area (Å²) >= 11 is 3.10. The molecule has 0 spiro atoms. The highest BCUT2D eigenvalue weighted by Gasteiger charge is 2.22. The van der Waals surface area contributed by atoms with E-state index in [1.54, 1.807) is 6.20 Å². The first kappa shape index (κ1) is 16.1. The van der Waals surface area contributed by atoms with E-state index in [4.69, 9.17) is 0 Å². The van der Waals surface area contributed by atoms with E-state index in [0.29, 0.717) is 17.4 Å². The van der Waals surface area contributed by atoms with Crippen LogP contribution in [0.15, 0.2) is 29.0 Å². The summed E-state index contributed by atoms with van der Waals surface area (Å²) in [4.78, 5) is 4.23. The number of hydrogen-bond acceptors (Lipinski definition) is 2. The summed E-state index contributed by atoms with van der Waals surface area (Å²) in [5.41, 5.74) is 0.0645. The van der Waals surface area contributed by atoms with Gasteiger partial charge in [-0.15, -0.1) is 0 Å². The molecule has 2 rings (SSSR count). The maximum atomic E-state index is 14.2. The van der Waals surface area contributed by atoms with Gasteiger partial charge in [0.1, 0.15) is 17.5 Å². The van der Waals surface area contributed by atoms with Gasteiger partial charge in [0.05, 0.1) is 0 Å². The SMILES string of the molecule is CCCNC(Cc1nccn1C)c1c(F)cc(Br)cc1F. The van der Waals surface area contributed by atoms with Crippen LogP contribution in [0, 0.1) is 11.6 Å². The Morgan fingerprint density at radius 2 is 2.00 bits per heavy atom. The summed E-state index contributed by atoms with van der Waals surface area (Å²) in [6.07, 6.45) is 4.82. The minimum atomic E-state index is -0.551. The van der Waals surface area contributed by atoms with E-state index in [9.17, 15) is 8.78 Å². The van der Waals surface area contributed by atoms with Gasteiger partial charge < -0.3 is 9.88 Å². The maximum absolute atomic E-state index is 14.2. The number of aryl methyl sites for hydroxylation is 1. The zero-order valence-corrected chi connectivity index (χ0v) is 13.6. The van der Waals surface area contributed by atoms with E-state index in [-0.39, 0.29) is 5.56 Å². The second-order valence-corrected chi connectivity index (χ2v) is 5.86. The number of halogens is 3. The highest BCUT2D eigenvalue weighted by molar-refractivity contribution is 9.10. The van der Waals surface area contributed by atoms with Crippen LogP contribution in [-0.4, -0.2) is 16.1 Å². The third-order valence-electron chi connectivity index (χ3n) is 3.34. The van der Waals surface area contributed by atoms with Crippen LogP contribution in [0.5, 0.6) is 0 Å². The van der Waals surface area contributed by atoms with Gasteiger partial charge in [0.2, 0.25) is 0 Å². The summed E-state index contributed by atoms with van der Waals surface area (Å²) in [7, 11) is 1.87. The van der Waals surface area contributed by atoms with Crippen molar-refractivity contribution in [2.24, 2.45) is 7.05 Å². The average molecular weight is 358 g/mol. The van der Waals surface area contributed by atoms with E-state index >= 15 is 0 Å². The van der Waals surface area contributed by atoms with Crippen molar-refractivity contribution in [2.75, 3.05) is 6.54 Å². The molecule has 1 unspecified atom stereocenters. The number of hydrogen-bond donors (Lipinski definition) is 1. The van der Waals surface area contributed by atoms with Crippen molar-refractivity contribution in [3.63, 3.8) is 0 Å². The topological polar surface area (TPSA) is 29.9 Å². The number of imidazole rings is 1. The molecule has 0 amide bonds. The van der Waals surface area contributed by atoms with E-state index in [0.717, 1.165) is 12.2 Å². The molecule has 0 bridgehead atoms. The molecule has 1 atom stereocenters. The Hall–Kier alpha value is -1.27. The molecule has 0 fully saturated rings. The molecular weight excluding hydrogens is 340 g/mol. The minimum Gasteiger partial charge on any atom is -0.338 e. The monoisotopic (exact) mass is 357 g/mol. The Morgan fingerprint density at radius 1 is 1.33 bits per heavy atom. The zero-order chi connectivity index (χ0) is 15.4. The number of rotatable bonds is 6. The first-order valence-electron chi connectivity index (χ1n) is 6.87. The van der Waals surface area contributed by atoms with E-state index in [2.05, 4.69) is 26.2 Å². The van der Waals surface area contributed by atoms with Crippen molar-refractivity contribution < 1.29 is 8.78 Å². The van der Waals surface area contributed by atoms with Crippen LogP contribution in [0.3, 0.4) is 0 Å². The van der Waals surface area contributed by atoms with Gasteiger partial charge in [-0.05, 0) is 25.1 Å². The largest absolute Gasteiger partial charge is 0.338 e. The highest BCUT2D eigenvalue weighted by Crippen LogP contribution is 2.27. The predicted molar refractivity (Wildman–Crippen MR) is 82.0 cm³/mol. The molecule has 0 aliphatic carbocycles. The summed E-state index contributed by atoms with van der Waals surface area (Å²) in [5, 5.41) is 3.20. The van der Waals surface area contributed by atoms with Crippen molar-refractivity contribution in [2.45, 2.75) is 25.8 Å². The van der Waals surface area contributed by atoms with Gasteiger partial charge in [0.25, 0.3) is 0 Å². The summed E-state index contributed by atoms with van der Waals surface area (Å²) in [6.45, 7) is 2.70. The summed E-state index contributed by atoms with van der Waals surface area (Å²) in [5.74, 6) is -0.320. The lowest BCUT2D eigenvalue weighted by Gasteiger charge is -2.20. The quantitative estimate of drug-likeness (QED) is 0.853. The van der Waals surface area contributed by atoms with Crippen molar-refractivity contribution in [3.8, 4) is 0 Å². The lowest BCUT2D eigenvalue weighted by atomic mass is 10.0. The Morgan fingerprint density at radius 3 is 2.52 bits per heavy atom. The van der Waals surface area contributed by atoms with Crippen LogP contribution < -0.4 is 5.32 Å². The van der Waals surface area contributed by atoms with Gasteiger partial charge in [-0.2, -0.15) is 0 Å². The molecule has 2 aromatic rings. The molecule has 0 aliphatic rings. The second kappa shape index (κ2) is 7.13. The van der Waals surface area contributed by atoms with Gasteiger partial charge >= 0.3 is 0 Å². The molecular formula is C15H18BrF2N3. The third-order valence-corrected chi connectivity index (χ3v) is 3.80. The number of nitrogens with one attached hydrogen (secondary N) is 1. The number of nitrogens with zero attached hydrogens (tertiary/aromatic N) is 2. The zero-order valence-electron chi connectivity index (χ0n) is 12.0. The number of aromatic nitrogens is 2. The number of benzene rings is 1. The first-order chi connectivity index (χ1) is 10.0. The van der Waals surface area contributed by atoms with Crippen LogP contribution in [0.1, 0.15) is 30.8 Å². The predicted octanol–water partition coefficient (Wildman–Crippen LogP) is 3.74. The maximum Gasteiger partial charge on any atom is 0.132 e. The highest BCUT2D eigenvalue weighted by atomic mass is 79.9. The summed E-state index contributed by atoms with van der Waals surface area (Å²) < 4.78 is 30.6. The van der Waals surface area contributed by atoms with Gasteiger partial charge in [0, 0.05) is 41.9 Å². The van der Waals surface area contributed by atoms with Crippen molar-refractivity contribution >= 4 is 15.9 Å². The lowest BCUT2D eigenvalue weighted by Crippen LogP contribution is -2.27. The Balaban J connectivity index is 2.34. The first-order valence-corrected chi connectivity index (χ1v) is 7.66. The Kier molecular flexibility index (Phi) is 5.47. The van der Waals surface area contributed by atoms with E-state index in [1.165, 1.54) is 12.1 Å². The van der Waals surface area contributed by atoms with Gasteiger partial charge in [-0.25, -0.2) is 13.8 Å². The van der Waals surface area contributed by atoms with E-state index in [1.807, 2.05) is 24.7 Å².